The summed E-state index contributed by atoms with van der Waals surface area (Å²) in [5.74, 6) is -0.179. The van der Waals surface area contributed by atoms with Crippen LogP contribution in [0.3, 0.4) is 0 Å². The molecule has 0 aliphatic carbocycles. The highest BCUT2D eigenvalue weighted by Crippen LogP contribution is 2.29. The summed E-state index contributed by atoms with van der Waals surface area (Å²) >= 11 is 1.12. The highest BCUT2D eigenvalue weighted by Gasteiger charge is 2.15. The largest absolute Gasteiger partial charge is 0.494 e. The van der Waals surface area contributed by atoms with Gasteiger partial charge in [-0.05, 0) is 18.2 Å². The molecule has 144 valence electrons. The van der Waals surface area contributed by atoms with Gasteiger partial charge in [-0.3, -0.25) is 24.3 Å². The maximum absolute atomic E-state index is 12.4. The minimum Gasteiger partial charge on any atom is -0.494 e. The van der Waals surface area contributed by atoms with E-state index in [9.17, 15) is 19.7 Å². The van der Waals surface area contributed by atoms with Crippen LogP contribution in [-0.2, 0) is 11.8 Å². The van der Waals surface area contributed by atoms with Crippen LogP contribution in [0.5, 0.6) is 5.75 Å². The number of hydrogen-bond acceptors (Lipinski definition) is 7. The molecule has 0 saturated heterocycles. The van der Waals surface area contributed by atoms with E-state index in [1.54, 1.807) is 31.3 Å². The van der Waals surface area contributed by atoms with Crippen LogP contribution < -0.4 is 15.6 Å². The Kier molecular flexibility index (Phi) is 5.59. The van der Waals surface area contributed by atoms with Crippen molar-refractivity contribution in [2.24, 2.45) is 7.05 Å². The van der Waals surface area contributed by atoms with E-state index in [0.29, 0.717) is 21.7 Å². The molecule has 3 aromatic rings. The van der Waals surface area contributed by atoms with E-state index >= 15 is 0 Å². The lowest BCUT2D eigenvalue weighted by Gasteiger charge is -2.11. The van der Waals surface area contributed by atoms with Crippen molar-refractivity contribution < 1.29 is 14.5 Å². The lowest BCUT2D eigenvalue weighted by molar-refractivity contribution is -0.384. The van der Waals surface area contributed by atoms with Crippen LogP contribution in [0.2, 0.25) is 0 Å². The molecule has 2 aromatic carbocycles. The normalized spacial score (nSPS) is 10.6. The summed E-state index contributed by atoms with van der Waals surface area (Å²) in [5, 5.41) is 14.4. The number of anilines is 1. The van der Waals surface area contributed by atoms with Gasteiger partial charge in [-0.15, -0.1) is 0 Å². The second-order valence-corrected chi connectivity index (χ2v) is 6.70. The number of nitrogens with one attached hydrogen (secondary N) is 1. The predicted molar refractivity (Wildman–Crippen MR) is 106 cm³/mol. The van der Waals surface area contributed by atoms with Crippen LogP contribution in [0.4, 0.5) is 11.4 Å². The number of nitrogens with zero attached hydrogens (tertiary/aromatic N) is 3. The lowest BCUT2D eigenvalue weighted by Crippen LogP contribution is -2.21. The number of amides is 1. The van der Waals surface area contributed by atoms with Gasteiger partial charge in [0.1, 0.15) is 5.75 Å². The smallest absolute Gasteiger partial charge is 0.273 e. The number of rotatable bonds is 6. The van der Waals surface area contributed by atoms with Crippen molar-refractivity contribution in [3.05, 3.63) is 62.9 Å². The fourth-order valence-corrected chi connectivity index (χ4v) is 3.31. The first-order chi connectivity index (χ1) is 13.4. The molecular weight excluding hydrogens is 384 g/mol. The molecule has 0 spiro atoms. The predicted octanol–water partition coefficient (Wildman–Crippen LogP) is 2.58. The van der Waals surface area contributed by atoms with Gasteiger partial charge in [0, 0.05) is 13.1 Å². The third-order valence-electron chi connectivity index (χ3n) is 3.94. The Hall–Kier alpha value is -3.40. The van der Waals surface area contributed by atoms with E-state index in [4.69, 9.17) is 4.74 Å². The Bertz CT molecular complexity index is 1130. The minimum absolute atomic E-state index is 0.00123. The number of methoxy groups -OCH3 is 1. The van der Waals surface area contributed by atoms with E-state index in [1.165, 1.54) is 29.9 Å². The van der Waals surface area contributed by atoms with Gasteiger partial charge in [-0.1, -0.05) is 23.9 Å². The van der Waals surface area contributed by atoms with Crippen molar-refractivity contribution in [2.45, 2.75) is 5.16 Å². The third-order valence-corrected chi connectivity index (χ3v) is 4.97. The topological polar surface area (TPSA) is 116 Å². The lowest BCUT2D eigenvalue weighted by atomic mass is 10.2. The number of hydrogen-bond donors (Lipinski definition) is 1. The molecule has 0 aliphatic heterocycles. The number of nitro benzene ring substituents is 1. The molecule has 0 fully saturated rings. The van der Waals surface area contributed by atoms with Gasteiger partial charge in [0.25, 0.3) is 11.2 Å². The SMILES string of the molecule is COc1cc([N+](=O)[O-])ccc1NC(=O)CSc1nc2ccccc2c(=O)n1C. The van der Waals surface area contributed by atoms with Crippen molar-refractivity contribution >= 4 is 39.9 Å². The van der Waals surface area contributed by atoms with Gasteiger partial charge in [0.2, 0.25) is 5.91 Å². The molecule has 1 aromatic heterocycles. The molecule has 1 N–H and O–H groups in total. The van der Waals surface area contributed by atoms with Crippen LogP contribution in [0, 0.1) is 10.1 Å². The fourth-order valence-electron chi connectivity index (χ4n) is 2.54. The van der Waals surface area contributed by atoms with Gasteiger partial charge in [-0.25, -0.2) is 4.98 Å². The van der Waals surface area contributed by atoms with Crippen molar-refractivity contribution in [1.82, 2.24) is 9.55 Å². The number of carbonyl (C=O) groups excluding carboxylic acids is 1. The highest BCUT2D eigenvalue weighted by molar-refractivity contribution is 7.99. The number of fused-ring (bicyclic) bond motifs is 1. The van der Waals surface area contributed by atoms with Crippen molar-refractivity contribution in [3.8, 4) is 5.75 Å². The Labute approximate surface area is 163 Å². The molecule has 0 aliphatic rings. The second kappa shape index (κ2) is 8.09. The maximum atomic E-state index is 12.4. The number of benzene rings is 2. The zero-order valence-electron chi connectivity index (χ0n) is 15.0. The number of ether oxygens (including phenoxy) is 1. The Morgan fingerprint density at radius 3 is 2.79 bits per heavy atom. The molecule has 10 heteroatoms. The van der Waals surface area contributed by atoms with Crippen LogP contribution in [0.25, 0.3) is 10.9 Å². The Morgan fingerprint density at radius 2 is 2.07 bits per heavy atom. The number of thioether (sulfide) groups is 1. The average molecular weight is 400 g/mol. The van der Waals surface area contributed by atoms with E-state index in [1.807, 2.05) is 0 Å². The van der Waals surface area contributed by atoms with Gasteiger partial charge in [-0.2, -0.15) is 0 Å². The third kappa shape index (κ3) is 3.96. The first-order valence-corrected chi connectivity index (χ1v) is 9.10. The summed E-state index contributed by atoms with van der Waals surface area (Å²) in [4.78, 5) is 39.4. The zero-order valence-corrected chi connectivity index (χ0v) is 15.9. The summed E-state index contributed by atoms with van der Waals surface area (Å²) < 4.78 is 6.49. The molecule has 0 saturated carbocycles. The van der Waals surface area contributed by atoms with Gasteiger partial charge in [0.05, 0.1) is 40.4 Å². The molecule has 1 amide bonds. The molecule has 0 radical (unpaired) electrons. The van der Waals surface area contributed by atoms with Crippen LogP contribution in [0.15, 0.2) is 52.4 Å². The number of nitro groups is 1. The monoisotopic (exact) mass is 400 g/mol. The second-order valence-electron chi connectivity index (χ2n) is 5.75. The Morgan fingerprint density at radius 1 is 1.32 bits per heavy atom. The molecule has 1 heterocycles. The quantitative estimate of drug-likeness (QED) is 0.292. The number of para-hydroxylation sites is 1. The van der Waals surface area contributed by atoms with Crippen molar-refractivity contribution in [3.63, 3.8) is 0 Å². The minimum atomic E-state index is -0.546. The van der Waals surface area contributed by atoms with Crippen LogP contribution in [-0.4, -0.2) is 33.2 Å². The van der Waals surface area contributed by atoms with Crippen molar-refractivity contribution in [2.75, 3.05) is 18.2 Å². The summed E-state index contributed by atoms with van der Waals surface area (Å²) in [6.07, 6.45) is 0. The summed E-state index contributed by atoms with van der Waals surface area (Å²) in [5.41, 5.74) is 0.551. The average Bonchev–Trinajstić information content (AvgIpc) is 2.69. The first kappa shape index (κ1) is 19.4. The number of aromatic nitrogens is 2. The zero-order chi connectivity index (χ0) is 20.3. The van der Waals surface area contributed by atoms with Crippen LogP contribution in [0.1, 0.15) is 0 Å². The molecule has 28 heavy (non-hydrogen) atoms. The molecule has 0 atom stereocenters. The molecule has 0 bridgehead atoms. The van der Waals surface area contributed by atoms with Gasteiger partial charge in [0.15, 0.2) is 5.16 Å². The van der Waals surface area contributed by atoms with Gasteiger partial charge < -0.3 is 10.1 Å². The first-order valence-electron chi connectivity index (χ1n) is 8.11. The summed E-state index contributed by atoms with van der Waals surface area (Å²) in [7, 11) is 2.96. The van der Waals surface area contributed by atoms with Crippen molar-refractivity contribution in [1.29, 1.82) is 0 Å². The number of carbonyl (C=O) groups is 1. The molecular formula is C18H16N4O5S. The highest BCUT2D eigenvalue weighted by atomic mass is 32.2. The summed E-state index contributed by atoms with van der Waals surface area (Å²) in [6.45, 7) is 0. The summed E-state index contributed by atoms with van der Waals surface area (Å²) in [6, 6.07) is 10.9. The maximum Gasteiger partial charge on any atom is 0.273 e. The standard InChI is InChI=1S/C18H16N4O5S/c1-21-17(24)12-5-3-4-6-13(12)20-18(21)28-10-16(23)19-14-8-7-11(22(25)26)9-15(14)27-2/h3-9H,10H2,1-2H3,(H,19,23). The molecule has 0 unspecified atom stereocenters. The van der Waals surface area contributed by atoms with E-state index < -0.39 is 4.92 Å². The van der Waals surface area contributed by atoms with E-state index in [-0.39, 0.29) is 28.7 Å². The van der Waals surface area contributed by atoms with Crippen LogP contribution >= 0.6 is 11.8 Å². The molecule has 3 rings (SSSR count). The molecule has 9 nitrogen and oxygen atoms in total. The Balaban J connectivity index is 1.75. The van der Waals surface area contributed by atoms with Gasteiger partial charge >= 0.3 is 0 Å². The fraction of sp³-hybridized carbons (Fsp3) is 0.167. The number of non-ortho nitro benzene ring substituents is 1. The van der Waals surface area contributed by atoms with E-state index in [0.717, 1.165) is 11.8 Å². The van der Waals surface area contributed by atoms with E-state index in [2.05, 4.69) is 10.3 Å².